The van der Waals surface area contributed by atoms with E-state index in [1.165, 1.54) is 12.5 Å². The maximum absolute atomic E-state index is 14.0. The minimum absolute atomic E-state index is 0.194. The Morgan fingerprint density at radius 2 is 2.00 bits per heavy atom. The van der Waals surface area contributed by atoms with Crippen LogP contribution in [0, 0.1) is 11.7 Å². The Kier molecular flexibility index (Phi) is 4.82. The summed E-state index contributed by atoms with van der Waals surface area (Å²) in [5.74, 6) is 0.115. The Morgan fingerprint density at radius 3 is 2.76 bits per heavy atom. The van der Waals surface area contributed by atoms with Gasteiger partial charge in [-0.15, -0.1) is 0 Å². The maximum atomic E-state index is 14.0. The van der Waals surface area contributed by atoms with Crippen LogP contribution in [-0.2, 0) is 6.54 Å². The van der Waals surface area contributed by atoms with Gasteiger partial charge in [-0.2, -0.15) is 0 Å². The normalized spacial score (nSPS) is 30.7. The smallest absolute Gasteiger partial charge is 0.129 e. The van der Waals surface area contributed by atoms with Crippen molar-refractivity contribution in [3.63, 3.8) is 0 Å². The molecule has 21 heavy (non-hydrogen) atoms. The predicted octanol–water partition coefficient (Wildman–Crippen LogP) is 3.99. The standard InChI is InChI=1S/C17H23ClFNO/c18-14-6-3-7-15(19)13(14)11-20-10-4-8-16(20)12-5-1-2-9-17(12)21/h3,6-7,12,16-17,21H,1-2,4-5,8-11H2. The van der Waals surface area contributed by atoms with Crippen LogP contribution in [0.15, 0.2) is 18.2 Å². The van der Waals surface area contributed by atoms with Crippen molar-refractivity contribution in [2.75, 3.05) is 6.54 Å². The van der Waals surface area contributed by atoms with Crippen molar-refractivity contribution in [2.45, 2.75) is 57.2 Å². The SMILES string of the molecule is OC1CCCCC1C1CCCN1Cc1c(F)cccc1Cl. The van der Waals surface area contributed by atoms with Crippen LogP contribution < -0.4 is 0 Å². The summed E-state index contributed by atoms with van der Waals surface area (Å²) < 4.78 is 14.0. The summed E-state index contributed by atoms with van der Waals surface area (Å²) in [6.45, 7) is 1.53. The topological polar surface area (TPSA) is 23.5 Å². The molecule has 1 aromatic carbocycles. The first-order chi connectivity index (χ1) is 10.2. The number of likely N-dealkylation sites (tertiary alicyclic amines) is 1. The summed E-state index contributed by atoms with van der Waals surface area (Å²) >= 11 is 6.15. The van der Waals surface area contributed by atoms with E-state index in [0.717, 1.165) is 38.6 Å². The number of aliphatic hydroxyl groups is 1. The van der Waals surface area contributed by atoms with E-state index in [2.05, 4.69) is 4.90 Å². The number of benzene rings is 1. The molecule has 3 unspecified atom stereocenters. The summed E-state index contributed by atoms with van der Waals surface area (Å²) in [5.41, 5.74) is 0.594. The molecule has 3 atom stereocenters. The average Bonchev–Trinajstić information content (AvgIpc) is 2.92. The van der Waals surface area contributed by atoms with Crippen molar-refractivity contribution in [3.8, 4) is 0 Å². The highest BCUT2D eigenvalue weighted by Crippen LogP contribution is 2.36. The van der Waals surface area contributed by atoms with Crippen molar-refractivity contribution < 1.29 is 9.50 Å². The summed E-state index contributed by atoms with van der Waals surface area (Å²) in [5, 5.41) is 10.8. The number of hydrogen-bond acceptors (Lipinski definition) is 2. The maximum Gasteiger partial charge on any atom is 0.129 e. The molecule has 116 valence electrons. The van der Waals surface area contributed by atoms with E-state index in [-0.39, 0.29) is 11.9 Å². The van der Waals surface area contributed by atoms with Crippen molar-refractivity contribution in [2.24, 2.45) is 5.92 Å². The molecule has 1 heterocycles. The van der Waals surface area contributed by atoms with Gasteiger partial charge in [0.05, 0.1) is 6.10 Å². The first-order valence-electron chi connectivity index (χ1n) is 8.02. The highest BCUT2D eigenvalue weighted by Gasteiger charge is 2.37. The van der Waals surface area contributed by atoms with Gasteiger partial charge in [-0.05, 0) is 44.4 Å². The highest BCUT2D eigenvalue weighted by atomic mass is 35.5. The van der Waals surface area contributed by atoms with Gasteiger partial charge in [0.2, 0.25) is 0 Å². The van der Waals surface area contributed by atoms with Crippen LogP contribution in [0.5, 0.6) is 0 Å². The molecule has 2 nitrogen and oxygen atoms in total. The lowest BCUT2D eigenvalue weighted by atomic mass is 9.80. The van der Waals surface area contributed by atoms with Gasteiger partial charge in [0, 0.05) is 29.1 Å². The molecule has 0 spiro atoms. The second-order valence-electron chi connectivity index (χ2n) is 6.40. The number of halogens is 2. The zero-order valence-corrected chi connectivity index (χ0v) is 13.0. The predicted molar refractivity (Wildman–Crippen MR) is 82.8 cm³/mol. The zero-order valence-electron chi connectivity index (χ0n) is 12.3. The largest absolute Gasteiger partial charge is 0.393 e. The average molecular weight is 312 g/mol. The van der Waals surface area contributed by atoms with Gasteiger partial charge in [-0.3, -0.25) is 4.90 Å². The molecule has 3 rings (SSSR count). The fourth-order valence-corrected chi connectivity index (χ4v) is 4.23. The Morgan fingerprint density at radius 1 is 1.19 bits per heavy atom. The molecule has 0 aromatic heterocycles. The lowest BCUT2D eigenvalue weighted by Crippen LogP contribution is -2.42. The molecule has 1 aromatic rings. The molecule has 1 aliphatic carbocycles. The van der Waals surface area contributed by atoms with Crippen molar-refractivity contribution >= 4 is 11.6 Å². The van der Waals surface area contributed by atoms with Gasteiger partial charge in [-0.1, -0.05) is 30.5 Å². The van der Waals surface area contributed by atoms with Crippen molar-refractivity contribution in [3.05, 3.63) is 34.6 Å². The van der Waals surface area contributed by atoms with Crippen molar-refractivity contribution in [1.29, 1.82) is 0 Å². The van der Waals surface area contributed by atoms with Gasteiger partial charge < -0.3 is 5.11 Å². The van der Waals surface area contributed by atoms with E-state index in [0.29, 0.717) is 29.1 Å². The molecule has 1 saturated carbocycles. The van der Waals surface area contributed by atoms with Gasteiger partial charge >= 0.3 is 0 Å². The number of hydrogen-bond donors (Lipinski definition) is 1. The van der Waals surface area contributed by atoms with E-state index in [1.807, 2.05) is 0 Å². The van der Waals surface area contributed by atoms with Crippen LogP contribution in [0.2, 0.25) is 5.02 Å². The van der Waals surface area contributed by atoms with E-state index in [4.69, 9.17) is 11.6 Å². The molecule has 0 amide bonds. The lowest BCUT2D eigenvalue weighted by molar-refractivity contribution is 0.0199. The second-order valence-corrected chi connectivity index (χ2v) is 6.80. The quantitative estimate of drug-likeness (QED) is 0.912. The molecule has 0 bridgehead atoms. The molecule has 1 N–H and O–H groups in total. The lowest BCUT2D eigenvalue weighted by Gasteiger charge is -2.37. The Bertz CT molecular complexity index is 475. The molecule has 0 radical (unpaired) electrons. The summed E-state index contributed by atoms with van der Waals surface area (Å²) in [6, 6.07) is 5.24. The van der Waals surface area contributed by atoms with E-state index < -0.39 is 0 Å². The molecular formula is C17H23ClFNO. The zero-order chi connectivity index (χ0) is 14.8. The van der Waals surface area contributed by atoms with Crippen molar-refractivity contribution in [1.82, 2.24) is 4.90 Å². The van der Waals surface area contributed by atoms with Gasteiger partial charge in [0.1, 0.15) is 5.82 Å². The summed E-state index contributed by atoms with van der Waals surface area (Å²) in [7, 11) is 0. The highest BCUT2D eigenvalue weighted by molar-refractivity contribution is 6.31. The molecule has 1 aliphatic heterocycles. The van der Waals surface area contributed by atoms with Crippen LogP contribution in [-0.4, -0.2) is 28.7 Å². The van der Waals surface area contributed by atoms with Gasteiger partial charge in [-0.25, -0.2) is 4.39 Å². The third kappa shape index (κ3) is 3.25. The molecule has 1 saturated heterocycles. The van der Waals surface area contributed by atoms with Gasteiger partial charge in [0.25, 0.3) is 0 Å². The first-order valence-corrected chi connectivity index (χ1v) is 8.39. The number of rotatable bonds is 3. The fourth-order valence-electron chi connectivity index (χ4n) is 4.01. The van der Waals surface area contributed by atoms with E-state index in [1.54, 1.807) is 12.1 Å². The van der Waals surface area contributed by atoms with Crippen LogP contribution in [0.25, 0.3) is 0 Å². The fraction of sp³-hybridized carbons (Fsp3) is 0.647. The number of aliphatic hydroxyl groups excluding tert-OH is 1. The summed E-state index contributed by atoms with van der Waals surface area (Å²) in [4.78, 5) is 2.32. The first kappa shape index (κ1) is 15.3. The molecule has 4 heteroatoms. The van der Waals surface area contributed by atoms with E-state index in [9.17, 15) is 9.50 Å². The van der Waals surface area contributed by atoms with E-state index >= 15 is 0 Å². The molecular weight excluding hydrogens is 289 g/mol. The third-order valence-electron chi connectivity index (χ3n) is 5.11. The monoisotopic (exact) mass is 311 g/mol. The van der Waals surface area contributed by atoms with Crippen LogP contribution in [0.4, 0.5) is 4.39 Å². The Hall–Kier alpha value is -0.640. The number of nitrogens with zero attached hydrogens (tertiary/aromatic N) is 1. The second kappa shape index (κ2) is 6.64. The minimum atomic E-state index is -0.225. The molecule has 2 fully saturated rings. The Balaban J connectivity index is 1.75. The minimum Gasteiger partial charge on any atom is -0.393 e. The van der Waals surface area contributed by atoms with Gasteiger partial charge in [0.15, 0.2) is 0 Å². The summed E-state index contributed by atoms with van der Waals surface area (Å²) in [6.07, 6.45) is 6.37. The van der Waals surface area contributed by atoms with Crippen LogP contribution >= 0.6 is 11.6 Å². The third-order valence-corrected chi connectivity index (χ3v) is 5.47. The van der Waals surface area contributed by atoms with Crippen LogP contribution in [0.1, 0.15) is 44.1 Å². The van der Waals surface area contributed by atoms with Crippen LogP contribution in [0.3, 0.4) is 0 Å². The Labute approximate surface area is 130 Å². The molecule has 2 aliphatic rings.